The molecule has 3 heteroatoms. The zero-order chi connectivity index (χ0) is 11.7. The molecule has 2 aromatic rings. The van der Waals surface area contributed by atoms with Gasteiger partial charge in [0.1, 0.15) is 5.82 Å². The maximum absolute atomic E-state index is 12.9. The predicted octanol–water partition coefficient (Wildman–Crippen LogP) is 4.04. The summed E-state index contributed by atoms with van der Waals surface area (Å²) in [5.41, 5.74) is 9.18. The number of hydrogen-bond donors (Lipinski definition) is 1. The summed E-state index contributed by atoms with van der Waals surface area (Å²) in [5, 5.41) is 0.394. The fourth-order valence-corrected chi connectivity index (χ4v) is 1.97. The van der Waals surface area contributed by atoms with Gasteiger partial charge in [0.25, 0.3) is 0 Å². The van der Waals surface area contributed by atoms with E-state index in [2.05, 4.69) is 0 Å². The number of aryl methyl sites for hydroxylation is 1. The summed E-state index contributed by atoms with van der Waals surface area (Å²) in [6.07, 6.45) is 0. The molecular formula is C13H11ClFN. The molecule has 0 fully saturated rings. The first-order chi connectivity index (χ1) is 7.56. The lowest BCUT2D eigenvalue weighted by molar-refractivity contribution is 0.628. The Morgan fingerprint density at radius 3 is 2.50 bits per heavy atom. The topological polar surface area (TPSA) is 26.0 Å². The van der Waals surface area contributed by atoms with E-state index < -0.39 is 0 Å². The van der Waals surface area contributed by atoms with E-state index in [1.807, 2.05) is 25.1 Å². The van der Waals surface area contributed by atoms with Crippen LogP contribution in [0.4, 0.5) is 10.1 Å². The van der Waals surface area contributed by atoms with Gasteiger partial charge in [-0.05, 0) is 48.4 Å². The van der Waals surface area contributed by atoms with Crippen molar-refractivity contribution in [1.29, 1.82) is 0 Å². The van der Waals surface area contributed by atoms with Crippen molar-refractivity contribution in [3.05, 3.63) is 52.8 Å². The summed E-state index contributed by atoms with van der Waals surface area (Å²) < 4.78 is 12.9. The van der Waals surface area contributed by atoms with Crippen molar-refractivity contribution in [2.75, 3.05) is 5.73 Å². The first kappa shape index (κ1) is 11.0. The van der Waals surface area contributed by atoms with Crippen molar-refractivity contribution in [3.8, 4) is 11.1 Å². The van der Waals surface area contributed by atoms with Crippen molar-refractivity contribution in [1.82, 2.24) is 0 Å². The molecule has 0 aliphatic carbocycles. The second kappa shape index (κ2) is 4.14. The summed E-state index contributed by atoms with van der Waals surface area (Å²) in [5.74, 6) is -0.339. The molecule has 16 heavy (non-hydrogen) atoms. The van der Waals surface area contributed by atoms with Crippen molar-refractivity contribution in [2.24, 2.45) is 0 Å². The molecule has 0 bridgehead atoms. The van der Waals surface area contributed by atoms with Crippen molar-refractivity contribution >= 4 is 17.3 Å². The van der Waals surface area contributed by atoms with Crippen LogP contribution in [-0.4, -0.2) is 0 Å². The molecule has 2 N–H and O–H groups in total. The molecule has 0 atom stereocenters. The summed E-state index contributed by atoms with van der Waals surface area (Å²) >= 11 is 5.99. The monoisotopic (exact) mass is 235 g/mol. The standard InChI is InChI=1S/C13H11ClFN/c1-8-4-9(6-11(16)5-8)12-3-2-10(15)7-13(12)14/h2-7H,16H2,1H3. The lowest BCUT2D eigenvalue weighted by Gasteiger charge is -2.07. The highest BCUT2D eigenvalue weighted by atomic mass is 35.5. The maximum Gasteiger partial charge on any atom is 0.124 e. The minimum absolute atomic E-state index is 0.339. The number of hydrogen-bond acceptors (Lipinski definition) is 1. The smallest absolute Gasteiger partial charge is 0.124 e. The number of benzene rings is 2. The minimum atomic E-state index is -0.339. The van der Waals surface area contributed by atoms with E-state index in [4.69, 9.17) is 17.3 Å². The van der Waals surface area contributed by atoms with Crippen LogP contribution in [0.3, 0.4) is 0 Å². The van der Waals surface area contributed by atoms with Gasteiger partial charge in [-0.3, -0.25) is 0 Å². The van der Waals surface area contributed by atoms with Crippen molar-refractivity contribution in [3.63, 3.8) is 0 Å². The van der Waals surface area contributed by atoms with Crippen LogP contribution in [0.1, 0.15) is 5.56 Å². The average Bonchev–Trinajstić information content (AvgIpc) is 2.15. The molecular weight excluding hydrogens is 225 g/mol. The van der Waals surface area contributed by atoms with E-state index in [-0.39, 0.29) is 5.82 Å². The SMILES string of the molecule is Cc1cc(N)cc(-c2ccc(F)cc2Cl)c1. The predicted molar refractivity (Wildman–Crippen MR) is 66.0 cm³/mol. The van der Waals surface area contributed by atoms with Gasteiger partial charge < -0.3 is 5.73 Å². The fourth-order valence-electron chi connectivity index (χ4n) is 1.69. The Bertz CT molecular complexity index is 517. The van der Waals surface area contributed by atoms with Gasteiger partial charge in [-0.25, -0.2) is 4.39 Å². The van der Waals surface area contributed by atoms with Gasteiger partial charge in [-0.1, -0.05) is 17.7 Å². The molecule has 0 saturated heterocycles. The van der Waals surface area contributed by atoms with E-state index in [1.165, 1.54) is 12.1 Å². The second-order valence-electron chi connectivity index (χ2n) is 3.76. The molecule has 0 amide bonds. The molecule has 2 rings (SSSR count). The zero-order valence-corrected chi connectivity index (χ0v) is 9.55. The Balaban J connectivity index is 2.58. The Hall–Kier alpha value is -1.54. The van der Waals surface area contributed by atoms with Gasteiger partial charge >= 0.3 is 0 Å². The van der Waals surface area contributed by atoms with E-state index in [0.29, 0.717) is 10.7 Å². The summed E-state index contributed by atoms with van der Waals surface area (Å²) in [6.45, 7) is 1.96. The molecule has 0 aliphatic rings. The average molecular weight is 236 g/mol. The van der Waals surface area contributed by atoms with E-state index >= 15 is 0 Å². The lowest BCUT2D eigenvalue weighted by Crippen LogP contribution is -1.89. The number of rotatable bonds is 1. The maximum atomic E-state index is 12.9. The summed E-state index contributed by atoms with van der Waals surface area (Å²) in [6, 6.07) is 10.0. The van der Waals surface area contributed by atoms with E-state index in [0.717, 1.165) is 16.7 Å². The molecule has 0 heterocycles. The van der Waals surface area contributed by atoms with Gasteiger partial charge in [0.2, 0.25) is 0 Å². The summed E-state index contributed by atoms with van der Waals surface area (Å²) in [4.78, 5) is 0. The van der Waals surface area contributed by atoms with E-state index in [1.54, 1.807) is 6.07 Å². The van der Waals surface area contributed by atoms with Crippen LogP contribution in [0.2, 0.25) is 5.02 Å². The number of anilines is 1. The molecule has 0 spiro atoms. The second-order valence-corrected chi connectivity index (χ2v) is 4.16. The fraction of sp³-hybridized carbons (Fsp3) is 0.0769. The normalized spacial score (nSPS) is 10.4. The third-order valence-electron chi connectivity index (χ3n) is 2.34. The van der Waals surface area contributed by atoms with Gasteiger partial charge in [0.05, 0.1) is 5.02 Å². The van der Waals surface area contributed by atoms with Crippen LogP contribution in [0, 0.1) is 12.7 Å². The molecule has 2 aromatic carbocycles. The minimum Gasteiger partial charge on any atom is -0.399 e. The largest absolute Gasteiger partial charge is 0.399 e. The number of halogens is 2. The van der Waals surface area contributed by atoms with Gasteiger partial charge in [-0.2, -0.15) is 0 Å². The number of nitrogens with two attached hydrogens (primary N) is 1. The number of nitrogen functional groups attached to an aromatic ring is 1. The highest BCUT2D eigenvalue weighted by molar-refractivity contribution is 6.33. The Labute approximate surface area is 98.7 Å². The molecule has 82 valence electrons. The van der Waals surface area contributed by atoms with E-state index in [9.17, 15) is 4.39 Å². The van der Waals surface area contributed by atoms with Gasteiger partial charge in [-0.15, -0.1) is 0 Å². The molecule has 0 unspecified atom stereocenters. The molecule has 1 nitrogen and oxygen atoms in total. The first-order valence-corrected chi connectivity index (χ1v) is 5.26. The van der Waals surface area contributed by atoms with Crippen LogP contribution in [0.25, 0.3) is 11.1 Å². The van der Waals surface area contributed by atoms with Crippen molar-refractivity contribution < 1.29 is 4.39 Å². The van der Waals surface area contributed by atoms with Crippen LogP contribution >= 0.6 is 11.6 Å². The van der Waals surface area contributed by atoms with Crippen molar-refractivity contribution in [2.45, 2.75) is 6.92 Å². The zero-order valence-electron chi connectivity index (χ0n) is 8.80. The highest BCUT2D eigenvalue weighted by Crippen LogP contribution is 2.30. The molecule has 0 saturated carbocycles. The van der Waals surface area contributed by atoms with Gasteiger partial charge in [0.15, 0.2) is 0 Å². The summed E-state index contributed by atoms with van der Waals surface area (Å²) in [7, 11) is 0. The van der Waals surface area contributed by atoms with Crippen LogP contribution < -0.4 is 5.73 Å². The van der Waals surface area contributed by atoms with Crippen LogP contribution in [0.5, 0.6) is 0 Å². The quantitative estimate of drug-likeness (QED) is 0.742. The molecule has 0 aromatic heterocycles. The third kappa shape index (κ3) is 2.17. The molecule has 0 aliphatic heterocycles. The highest BCUT2D eigenvalue weighted by Gasteiger charge is 2.05. The van der Waals surface area contributed by atoms with Gasteiger partial charge in [0, 0.05) is 11.3 Å². The Kier molecular flexibility index (Phi) is 2.84. The van der Waals surface area contributed by atoms with Crippen LogP contribution in [-0.2, 0) is 0 Å². The molecule has 0 radical (unpaired) electrons. The Morgan fingerprint density at radius 1 is 1.12 bits per heavy atom. The lowest BCUT2D eigenvalue weighted by atomic mass is 10.0. The third-order valence-corrected chi connectivity index (χ3v) is 2.65. The Morgan fingerprint density at radius 2 is 1.88 bits per heavy atom. The van der Waals surface area contributed by atoms with Crippen LogP contribution in [0.15, 0.2) is 36.4 Å². The first-order valence-electron chi connectivity index (χ1n) is 4.89.